The fraction of sp³-hybridized carbons (Fsp3) is 0.333. The highest BCUT2D eigenvalue weighted by molar-refractivity contribution is 5.92. The standard InChI is InChI=1S/C24H25F3N4O2/c1-18-4-2-5-19(14-18)16-29-10-12-30(13-11-29)23(32)22-8-9-31(28-22)17-33-21-7-3-6-20(15-21)24(25,26)27/h2-9,14-15H,10-13,16-17H2,1H3. The molecule has 174 valence electrons. The molecule has 6 nitrogen and oxygen atoms in total. The first-order valence-electron chi connectivity index (χ1n) is 10.7. The molecule has 2 heterocycles. The number of hydrogen-bond acceptors (Lipinski definition) is 4. The van der Waals surface area contributed by atoms with Gasteiger partial charge in [0.15, 0.2) is 12.4 Å². The topological polar surface area (TPSA) is 50.6 Å². The lowest BCUT2D eigenvalue weighted by Crippen LogP contribution is -2.48. The number of halogens is 3. The zero-order valence-corrected chi connectivity index (χ0v) is 18.3. The number of piperazine rings is 1. The first-order valence-corrected chi connectivity index (χ1v) is 10.7. The highest BCUT2D eigenvalue weighted by Gasteiger charge is 2.30. The molecule has 0 N–H and O–H groups in total. The molecule has 0 aliphatic carbocycles. The Morgan fingerprint density at radius 2 is 1.79 bits per heavy atom. The number of carbonyl (C=O) groups is 1. The molecule has 0 atom stereocenters. The number of nitrogens with zero attached hydrogens (tertiary/aromatic N) is 4. The molecule has 1 amide bonds. The second-order valence-electron chi connectivity index (χ2n) is 8.10. The first kappa shape index (κ1) is 22.8. The van der Waals surface area contributed by atoms with Crippen molar-refractivity contribution in [3.8, 4) is 5.75 Å². The number of benzene rings is 2. The Labute approximate surface area is 190 Å². The average Bonchev–Trinajstić information content (AvgIpc) is 3.27. The average molecular weight is 458 g/mol. The molecule has 2 aromatic carbocycles. The highest BCUT2D eigenvalue weighted by Crippen LogP contribution is 2.31. The summed E-state index contributed by atoms with van der Waals surface area (Å²) in [7, 11) is 0. The molecular weight excluding hydrogens is 433 g/mol. The van der Waals surface area contributed by atoms with Crippen molar-refractivity contribution in [3.05, 3.63) is 83.2 Å². The molecule has 0 spiro atoms. The quantitative estimate of drug-likeness (QED) is 0.556. The van der Waals surface area contributed by atoms with E-state index in [2.05, 4.69) is 41.2 Å². The third-order valence-corrected chi connectivity index (χ3v) is 5.53. The number of carbonyl (C=O) groups excluding carboxylic acids is 1. The van der Waals surface area contributed by atoms with Crippen LogP contribution >= 0.6 is 0 Å². The number of aryl methyl sites for hydroxylation is 1. The van der Waals surface area contributed by atoms with Gasteiger partial charge in [0, 0.05) is 38.9 Å². The number of aromatic nitrogens is 2. The van der Waals surface area contributed by atoms with Crippen LogP contribution in [0.15, 0.2) is 60.8 Å². The summed E-state index contributed by atoms with van der Waals surface area (Å²) in [6.45, 7) is 5.60. The fourth-order valence-corrected chi connectivity index (χ4v) is 3.79. The monoisotopic (exact) mass is 458 g/mol. The van der Waals surface area contributed by atoms with Crippen LogP contribution in [0.25, 0.3) is 0 Å². The van der Waals surface area contributed by atoms with Crippen LogP contribution in [0.1, 0.15) is 27.2 Å². The summed E-state index contributed by atoms with van der Waals surface area (Å²) < 4.78 is 45.3. The van der Waals surface area contributed by atoms with E-state index >= 15 is 0 Å². The summed E-state index contributed by atoms with van der Waals surface area (Å²) in [4.78, 5) is 16.9. The molecule has 1 fully saturated rings. The molecule has 9 heteroatoms. The maximum Gasteiger partial charge on any atom is 0.416 e. The van der Waals surface area contributed by atoms with Gasteiger partial charge in [-0.3, -0.25) is 9.69 Å². The first-order chi connectivity index (χ1) is 15.8. The number of hydrogen-bond donors (Lipinski definition) is 0. The van der Waals surface area contributed by atoms with Crippen LogP contribution in [-0.4, -0.2) is 51.7 Å². The SMILES string of the molecule is Cc1cccc(CN2CCN(C(=O)c3ccn(COc4cccc(C(F)(F)F)c4)n3)CC2)c1. The lowest BCUT2D eigenvalue weighted by Gasteiger charge is -2.34. The van der Waals surface area contributed by atoms with Gasteiger partial charge in [0.25, 0.3) is 5.91 Å². The Morgan fingerprint density at radius 3 is 2.52 bits per heavy atom. The van der Waals surface area contributed by atoms with E-state index in [0.717, 1.165) is 31.8 Å². The second kappa shape index (κ2) is 9.66. The zero-order chi connectivity index (χ0) is 23.4. The molecule has 3 aromatic rings. The maximum absolute atomic E-state index is 12.8. The van der Waals surface area contributed by atoms with E-state index in [1.54, 1.807) is 17.2 Å². The predicted octanol–water partition coefficient (Wildman–Crippen LogP) is 4.20. The molecule has 0 bridgehead atoms. The van der Waals surface area contributed by atoms with Crippen LogP contribution in [0.2, 0.25) is 0 Å². The summed E-state index contributed by atoms with van der Waals surface area (Å²) in [6.07, 6.45) is -2.86. The minimum absolute atomic E-state index is 0.0814. The van der Waals surface area contributed by atoms with Gasteiger partial charge in [0.05, 0.1) is 5.56 Å². The Bertz CT molecular complexity index is 1100. The van der Waals surface area contributed by atoms with Gasteiger partial charge in [0.2, 0.25) is 0 Å². The zero-order valence-electron chi connectivity index (χ0n) is 18.3. The fourth-order valence-electron chi connectivity index (χ4n) is 3.79. The van der Waals surface area contributed by atoms with Gasteiger partial charge >= 0.3 is 6.18 Å². The van der Waals surface area contributed by atoms with Crippen LogP contribution in [0, 0.1) is 6.92 Å². The molecule has 1 aromatic heterocycles. The minimum atomic E-state index is -4.44. The van der Waals surface area contributed by atoms with Crippen LogP contribution < -0.4 is 4.74 Å². The van der Waals surface area contributed by atoms with E-state index in [9.17, 15) is 18.0 Å². The number of ether oxygens (including phenoxy) is 1. The number of rotatable bonds is 6. The smallest absolute Gasteiger partial charge is 0.416 e. The third kappa shape index (κ3) is 5.92. The van der Waals surface area contributed by atoms with E-state index in [1.165, 1.54) is 27.9 Å². The van der Waals surface area contributed by atoms with Crippen molar-refractivity contribution in [3.63, 3.8) is 0 Å². The molecule has 0 unspecified atom stereocenters. The summed E-state index contributed by atoms with van der Waals surface area (Å²) >= 11 is 0. The van der Waals surface area contributed by atoms with Gasteiger partial charge in [-0.05, 0) is 36.8 Å². The summed E-state index contributed by atoms with van der Waals surface area (Å²) in [5, 5.41) is 4.23. The van der Waals surface area contributed by atoms with Crippen molar-refractivity contribution in [2.24, 2.45) is 0 Å². The highest BCUT2D eigenvalue weighted by atomic mass is 19.4. The van der Waals surface area contributed by atoms with Crippen LogP contribution in [0.5, 0.6) is 5.75 Å². The molecule has 0 saturated carbocycles. The van der Waals surface area contributed by atoms with Gasteiger partial charge in [-0.15, -0.1) is 0 Å². The lowest BCUT2D eigenvalue weighted by atomic mass is 10.1. The maximum atomic E-state index is 12.8. The van der Waals surface area contributed by atoms with Gasteiger partial charge in [-0.1, -0.05) is 35.9 Å². The Hall–Kier alpha value is -3.33. The molecule has 1 saturated heterocycles. The molecule has 33 heavy (non-hydrogen) atoms. The van der Waals surface area contributed by atoms with Crippen molar-refractivity contribution >= 4 is 5.91 Å². The van der Waals surface area contributed by atoms with Crippen LogP contribution in [0.4, 0.5) is 13.2 Å². The van der Waals surface area contributed by atoms with E-state index in [-0.39, 0.29) is 24.1 Å². The number of alkyl halides is 3. The summed E-state index contributed by atoms with van der Waals surface area (Å²) in [5.74, 6) is -0.0824. The van der Waals surface area contributed by atoms with Crippen LogP contribution in [0.3, 0.4) is 0 Å². The summed E-state index contributed by atoms with van der Waals surface area (Å²) in [6, 6.07) is 14.7. The van der Waals surface area contributed by atoms with E-state index in [0.29, 0.717) is 13.1 Å². The van der Waals surface area contributed by atoms with Crippen LogP contribution in [-0.2, 0) is 19.5 Å². The summed E-state index contributed by atoms with van der Waals surface area (Å²) in [5.41, 5.74) is 2.00. The second-order valence-corrected chi connectivity index (χ2v) is 8.10. The van der Waals surface area contributed by atoms with Gasteiger partial charge in [0.1, 0.15) is 5.75 Å². The Morgan fingerprint density at radius 1 is 1.03 bits per heavy atom. The molecule has 4 rings (SSSR count). The van der Waals surface area contributed by atoms with Gasteiger partial charge in [-0.25, -0.2) is 4.68 Å². The van der Waals surface area contributed by atoms with Crippen molar-refractivity contribution in [2.45, 2.75) is 26.4 Å². The van der Waals surface area contributed by atoms with Crippen molar-refractivity contribution in [1.29, 1.82) is 0 Å². The minimum Gasteiger partial charge on any atom is -0.471 e. The molecular formula is C24H25F3N4O2. The molecule has 1 aliphatic heterocycles. The van der Waals surface area contributed by atoms with Gasteiger partial charge in [-0.2, -0.15) is 18.3 Å². The van der Waals surface area contributed by atoms with E-state index < -0.39 is 11.7 Å². The lowest BCUT2D eigenvalue weighted by molar-refractivity contribution is -0.137. The normalized spacial score (nSPS) is 15.0. The Balaban J connectivity index is 1.29. The van der Waals surface area contributed by atoms with E-state index in [4.69, 9.17) is 4.74 Å². The van der Waals surface area contributed by atoms with Crippen molar-refractivity contribution in [1.82, 2.24) is 19.6 Å². The largest absolute Gasteiger partial charge is 0.471 e. The molecule has 0 radical (unpaired) electrons. The van der Waals surface area contributed by atoms with Crippen molar-refractivity contribution < 1.29 is 22.7 Å². The van der Waals surface area contributed by atoms with Gasteiger partial charge < -0.3 is 9.64 Å². The molecule has 1 aliphatic rings. The predicted molar refractivity (Wildman–Crippen MR) is 117 cm³/mol. The Kier molecular flexibility index (Phi) is 6.69. The van der Waals surface area contributed by atoms with E-state index in [1.807, 2.05) is 0 Å². The number of amides is 1. The van der Waals surface area contributed by atoms with Crippen molar-refractivity contribution in [2.75, 3.05) is 26.2 Å². The third-order valence-electron chi connectivity index (χ3n) is 5.53.